The van der Waals surface area contributed by atoms with Gasteiger partial charge in [0.25, 0.3) is 0 Å². The molecule has 4 heteroatoms. The molecule has 0 N–H and O–H groups in total. The zero-order chi connectivity index (χ0) is 14.0. The summed E-state index contributed by atoms with van der Waals surface area (Å²) in [6, 6.07) is 0.312. The van der Waals surface area contributed by atoms with Crippen LogP contribution in [-0.2, 0) is 9.47 Å². The molecular formula is C15H27NO3. The molecule has 2 fully saturated rings. The standard InChI is InChI=1S/C15H27NO3/c1-5-8-15(7-3)13(19-15)10-12-9-11(6-2)16(4)14(17)18-12/h11-13H,5-10H2,1-4H3. The molecule has 2 saturated heterocycles. The molecule has 110 valence electrons. The van der Waals surface area contributed by atoms with Crippen molar-refractivity contribution in [2.24, 2.45) is 0 Å². The van der Waals surface area contributed by atoms with Gasteiger partial charge in [0.2, 0.25) is 0 Å². The van der Waals surface area contributed by atoms with Crippen molar-refractivity contribution < 1.29 is 14.3 Å². The lowest BCUT2D eigenvalue weighted by Crippen LogP contribution is -2.46. The topological polar surface area (TPSA) is 42.1 Å². The van der Waals surface area contributed by atoms with Gasteiger partial charge in [-0.2, -0.15) is 0 Å². The van der Waals surface area contributed by atoms with Crippen LogP contribution in [0.4, 0.5) is 4.79 Å². The van der Waals surface area contributed by atoms with Crippen molar-refractivity contribution >= 4 is 6.09 Å². The molecular weight excluding hydrogens is 242 g/mol. The largest absolute Gasteiger partial charge is 0.446 e. The van der Waals surface area contributed by atoms with Crippen molar-refractivity contribution in [1.82, 2.24) is 4.90 Å². The lowest BCUT2D eigenvalue weighted by atomic mass is 9.91. The average Bonchev–Trinajstić information content (AvgIpc) is 3.07. The van der Waals surface area contributed by atoms with Gasteiger partial charge in [0.05, 0.1) is 11.7 Å². The lowest BCUT2D eigenvalue weighted by molar-refractivity contribution is 0.00102. The van der Waals surface area contributed by atoms with E-state index in [9.17, 15) is 4.79 Å². The van der Waals surface area contributed by atoms with Gasteiger partial charge in [0, 0.05) is 25.9 Å². The number of hydrogen-bond acceptors (Lipinski definition) is 3. The Morgan fingerprint density at radius 1 is 1.37 bits per heavy atom. The first-order valence-electron chi connectivity index (χ1n) is 7.67. The van der Waals surface area contributed by atoms with Crippen LogP contribution in [0.15, 0.2) is 0 Å². The van der Waals surface area contributed by atoms with Crippen LogP contribution < -0.4 is 0 Å². The van der Waals surface area contributed by atoms with Crippen LogP contribution in [0.25, 0.3) is 0 Å². The Hall–Kier alpha value is -0.770. The summed E-state index contributed by atoms with van der Waals surface area (Å²) in [5, 5.41) is 0. The summed E-state index contributed by atoms with van der Waals surface area (Å²) in [7, 11) is 1.83. The quantitative estimate of drug-likeness (QED) is 0.694. The summed E-state index contributed by atoms with van der Waals surface area (Å²) in [6.45, 7) is 6.50. The molecule has 2 rings (SSSR count). The Balaban J connectivity index is 1.89. The van der Waals surface area contributed by atoms with Crippen LogP contribution in [0.1, 0.15) is 59.3 Å². The monoisotopic (exact) mass is 269 g/mol. The highest BCUT2D eigenvalue weighted by Gasteiger charge is 2.55. The molecule has 1 amide bonds. The number of carbonyl (C=O) groups excluding carboxylic acids is 1. The minimum Gasteiger partial charge on any atom is -0.446 e. The predicted molar refractivity (Wildman–Crippen MR) is 74.1 cm³/mol. The molecule has 0 radical (unpaired) electrons. The summed E-state index contributed by atoms with van der Waals surface area (Å²) in [4.78, 5) is 13.5. The van der Waals surface area contributed by atoms with E-state index in [1.165, 1.54) is 0 Å². The second-order valence-corrected chi connectivity index (χ2v) is 5.92. The van der Waals surface area contributed by atoms with E-state index in [-0.39, 0.29) is 23.9 Å². The van der Waals surface area contributed by atoms with E-state index in [4.69, 9.17) is 9.47 Å². The third kappa shape index (κ3) is 2.88. The minimum atomic E-state index is -0.179. The van der Waals surface area contributed by atoms with Gasteiger partial charge in [-0.05, 0) is 19.3 Å². The Morgan fingerprint density at radius 3 is 2.68 bits per heavy atom. The fourth-order valence-corrected chi connectivity index (χ4v) is 3.35. The summed E-state index contributed by atoms with van der Waals surface area (Å²) in [6.07, 6.45) is 6.25. The number of epoxide rings is 1. The Bertz CT molecular complexity index is 333. The van der Waals surface area contributed by atoms with E-state index in [0.717, 1.165) is 38.5 Å². The molecule has 0 aliphatic carbocycles. The van der Waals surface area contributed by atoms with Gasteiger partial charge in [0.15, 0.2) is 0 Å². The smallest absolute Gasteiger partial charge is 0.410 e. The highest BCUT2D eigenvalue weighted by atomic mass is 16.6. The van der Waals surface area contributed by atoms with Crippen molar-refractivity contribution in [3.8, 4) is 0 Å². The van der Waals surface area contributed by atoms with Crippen LogP contribution in [0.5, 0.6) is 0 Å². The highest BCUT2D eigenvalue weighted by Crippen LogP contribution is 2.46. The number of amides is 1. The van der Waals surface area contributed by atoms with Gasteiger partial charge < -0.3 is 14.4 Å². The molecule has 2 aliphatic rings. The van der Waals surface area contributed by atoms with Crippen molar-refractivity contribution in [3.05, 3.63) is 0 Å². The minimum absolute atomic E-state index is 0.0314. The van der Waals surface area contributed by atoms with Crippen LogP contribution in [0, 0.1) is 0 Å². The number of carbonyl (C=O) groups is 1. The number of ether oxygens (including phenoxy) is 2. The van der Waals surface area contributed by atoms with Gasteiger partial charge in [-0.25, -0.2) is 4.79 Å². The molecule has 4 nitrogen and oxygen atoms in total. The summed E-state index contributed by atoms with van der Waals surface area (Å²) in [5.74, 6) is 0. The number of cyclic esters (lactones) is 1. The lowest BCUT2D eigenvalue weighted by Gasteiger charge is -2.36. The first kappa shape index (κ1) is 14.6. The van der Waals surface area contributed by atoms with E-state index in [1.807, 2.05) is 7.05 Å². The number of nitrogens with zero attached hydrogens (tertiary/aromatic N) is 1. The molecule has 2 heterocycles. The van der Waals surface area contributed by atoms with E-state index in [2.05, 4.69) is 20.8 Å². The van der Waals surface area contributed by atoms with Crippen LogP contribution in [-0.4, -0.2) is 41.9 Å². The molecule has 0 aromatic heterocycles. The molecule has 2 aliphatic heterocycles. The van der Waals surface area contributed by atoms with Crippen LogP contribution >= 0.6 is 0 Å². The maximum atomic E-state index is 11.8. The van der Waals surface area contributed by atoms with Crippen molar-refractivity contribution in [2.45, 2.75) is 83.1 Å². The molecule has 19 heavy (non-hydrogen) atoms. The van der Waals surface area contributed by atoms with Crippen molar-refractivity contribution in [2.75, 3.05) is 7.05 Å². The van der Waals surface area contributed by atoms with Crippen LogP contribution in [0.3, 0.4) is 0 Å². The normalized spacial score (nSPS) is 38.2. The Kier molecular flexibility index (Phi) is 4.39. The zero-order valence-electron chi connectivity index (χ0n) is 12.6. The third-order valence-corrected chi connectivity index (χ3v) is 4.76. The van der Waals surface area contributed by atoms with Crippen molar-refractivity contribution in [3.63, 3.8) is 0 Å². The molecule has 0 aromatic rings. The fourth-order valence-electron chi connectivity index (χ4n) is 3.35. The van der Waals surface area contributed by atoms with E-state index in [1.54, 1.807) is 4.90 Å². The zero-order valence-corrected chi connectivity index (χ0v) is 12.6. The Morgan fingerprint density at radius 2 is 2.11 bits per heavy atom. The van der Waals surface area contributed by atoms with E-state index >= 15 is 0 Å². The predicted octanol–water partition coefficient (Wildman–Crippen LogP) is 3.34. The molecule has 0 aromatic carbocycles. The molecule has 4 unspecified atom stereocenters. The highest BCUT2D eigenvalue weighted by molar-refractivity contribution is 5.68. The van der Waals surface area contributed by atoms with E-state index in [0.29, 0.717) is 6.04 Å². The van der Waals surface area contributed by atoms with Crippen LogP contribution in [0.2, 0.25) is 0 Å². The second-order valence-electron chi connectivity index (χ2n) is 5.92. The van der Waals surface area contributed by atoms with Gasteiger partial charge in [-0.3, -0.25) is 0 Å². The summed E-state index contributed by atoms with van der Waals surface area (Å²) < 4.78 is 11.4. The summed E-state index contributed by atoms with van der Waals surface area (Å²) >= 11 is 0. The van der Waals surface area contributed by atoms with Gasteiger partial charge in [0.1, 0.15) is 6.10 Å². The molecule has 4 atom stereocenters. The van der Waals surface area contributed by atoms with Crippen molar-refractivity contribution in [1.29, 1.82) is 0 Å². The maximum absolute atomic E-state index is 11.8. The number of rotatable bonds is 6. The first-order valence-corrected chi connectivity index (χ1v) is 7.67. The van der Waals surface area contributed by atoms with Gasteiger partial charge >= 0.3 is 6.09 Å². The average molecular weight is 269 g/mol. The molecule has 0 spiro atoms. The number of hydrogen-bond donors (Lipinski definition) is 0. The summed E-state index contributed by atoms with van der Waals surface area (Å²) in [5.41, 5.74) is 0.0756. The SMILES string of the molecule is CCCC1(CC)OC1CC1CC(CC)N(C)C(=O)O1. The first-order chi connectivity index (χ1) is 9.06. The molecule has 0 saturated carbocycles. The molecule has 0 bridgehead atoms. The fraction of sp³-hybridized carbons (Fsp3) is 0.933. The Labute approximate surface area is 116 Å². The second kappa shape index (κ2) is 5.70. The van der Waals surface area contributed by atoms with E-state index < -0.39 is 0 Å². The van der Waals surface area contributed by atoms with Gasteiger partial charge in [-0.15, -0.1) is 0 Å². The third-order valence-electron chi connectivity index (χ3n) is 4.76. The van der Waals surface area contributed by atoms with Gasteiger partial charge in [-0.1, -0.05) is 27.2 Å². The maximum Gasteiger partial charge on any atom is 0.410 e.